The topological polar surface area (TPSA) is 43.4 Å². The summed E-state index contributed by atoms with van der Waals surface area (Å²) in [4.78, 5) is 21.6. The molecule has 1 saturated carbocycles. The highest BCUT2D eigenvalue weighted by molar-refractivity contribution is 6.03. The molecule has 0 aromatic carbocycles. The summed E-state index contributed by atoms with van der Waals surface area (Å²) in [7, 11) is 0. The van der Waals surface area contributed by atoms with E-state index >= 15 is 0 Å². The number of carbonyl (C=O) groups is 2. The Balaban J connectivity index is 2.39. The third-order valence-electron chi connectivity index (χ3n) is 1.72. The fourth-order valence-electron chi connectivity index (χ4n) is 0.906. The smallest absolute Gasteiger partial charge is 0.348 e. The number of rotatable bonds is 4. The van der Waals surface area contributed by atoms with E-state index in [1.807, 2.05) is 0 Å². The Morgan fingerprint density at radius 3 is 2.58 bits per heavy atom. The van der Waals surface area contributed by atoms with Gasteiger partial charge in [0.15, 0.2) is 5.78 Å². The van der Waals surface area contributed by atoms with Gasteiger partial charge in [0.25, 0.3) is 6.17 Å². The van der Waals surface area contributed by atoms with Gasteiger partial charge in [-0.05, 0) is 19.8 Å². The van der Waals surface area contributed by atoms with Gasteiger partial charge in [-0.1, -0.05) is 0 Å². The van der Waals surface area contributed by atoms with Gasteiger partial charge in [0.1, 0.15) is 0 Å². The molecule has 1 aliphatic rings. The molecule has 0 aliphatic heterocycles. The molecular formula is C8H11FO3. The highest BCUT2D eigenvalue weighted by atomic mass is 19.1. The Kier molecular flexibility index (Phi) is 2.78. The van der Waals surface area contributed by atoms with E-state index in [-0.39, 0.29) is 12.5 Å². The van der Waals surface area contributed by atoms with Crippen LogP contribution in [0.1, 0.15) is 19.8 Å². The molecule has 1 rings (SSSR count). The second kappa shape index (κ2) is 3.65. The fourth-order valence-corrected chi connectivity index (χ4v) is 0.906. The molecule has 0 amide bonds. The highest BCUT2D eigenvalue weighted by Gasteiger charge is 2.39. The average Bonchev–Trinajstić information content (AvgIpc) is 2.84. The largest absolute Gasteiger partial charge is 0.463 e. The van der Waals surface area contributed by atoms with E-state index in [4.69, 9.17) is 0 Å². The van der Waals surface area contributed by atoms with Crippen LogP contribution < -0.4 is 0 Å². The third kappa shape index (κ3) is 2.03. The second-order valence-corrected chi connectivity index (χ2v) is 2.79. The van der Waals surface area contributed by atoms with Crippen molar-refractivity contribution < 1.29 is 18.7 Å². The predicted molar refractivity (Wildman–Crippen MR) is 39.3 cm³/mol. The van der Waals surface area contributed by atoms with Crippen LogP contribution in [-0.2, 0) is 14.3 Å². The van der Waals surface area contributed by atoms with Crippen molar-refractivity contribution in [1.29, 1.82) is 0 Å². The van der Waals surface area contributed by atoms with E-state index in [2.05, 4.69) is 4.74 Å². The van der Waals surface area contributed by atoms with Crippen LogP contribution in [0.2, 0.25) is 0 Å². The highest BCUT2D eigenvalue weighted by Crippen LogP contribution is 2.31. The molecule has 0 aromatic heterocycles. The van der Waals surface area contributed by atoms with E-state index in [0.717, 1.165) is 0 Å². The van der Waals surface area contributed by atoms with Crippen molar-refractivity contribution in [3.63, 3.8) is 0 Å². The minimum atomic E-state index is -2.06. The Hall–Kier alpha value is -0.930. The van der Waals surface area contributed by atoms with Crippen molar-refractivity contribution in [2.75, 3.05) is 6.61 Å². The molecule has 1 aliphatic carbocycles. The van der Waals surface area contributed by atoms with Crippen molar-refractivity contribution in [2.24, 2.45) is 5.92 Å². The zero-order valence-electron chi connectivity index (χ0n) is 6.88. The van der Waals surface area contributed by atoms with E-state index in [1.165, 1.54) is 0 Å². The van der Waals surface area contributed by atoms with E-state index < -0.39 is 17.9 Å². The van der Waals surface area contributed by atoms with Crippen molar-refractivity contribution in [3.8, 4) is 0 Å². The number of esters is 1. The first-order valence-electron chi connectivity index (χ1n) is 4.01. The second-order valence-electron chi connectivity index (χ2n) is 2.79. The van der Waals surface area contributed by atoms with Crippen molar-refractivity contribution >= 4 is 11.8 Å². The van der Waals surface area contributed by atoms with Gasteiger partial charge in [0.2, 0.25) is 0 Å². The number of hydrogen-bond donors (Lipinski definition) is 0. The first-order valence-corrected chi connectivity index (χ1v) is 4.01. The van der Waals surface area contributed by atoms with Crippen LogP contribution >= 0.6 is 0 Å². The minimum absolute atomic E-state index is 0.108. The molecule has 0 unspecified atom stereocenters. The van der Waals surface area contributed by atoms with Gasteiger partial charge in [-0.3, -0.25) is 4.79 Å². The summed E-state index contributed by atoms with van der Waals surface area (Å²) in [5.41, 5.74) is 0. The normalized spacial score (nSPS) is 18.5. The zero-order chi connectivity index (χ0) is 9.14. The lowest BCUT2D eigenvalue weighted by molar-refractivity contribution is -0.153. The first-order chi connectivity index (χ1) is 5.66. The maximum Gasteiger partial charge on any atom is 0.348 e. The molecule has 0 N–H and O–H groups in total. The van der Waals surface area contributed by atoms with E-state index in [1.54, 1.807) is 6.92 Å². The van der Waals surface area contributed by atoms with Crippen LogP contribution in [0.5, 0.6) is 0 Å². The molecule has 1 fully saturated rings. The molecule has 0 bridgehead atoms. The van der Waals surface area contributed by atoms with Gasteiger partial charge in [0, 0.05) is 5.92 Å². The molecule has 3 nitrogen and oxygen atoms in total. The lowest BCUT2D eigenvalue weighted by Gasteiger charge is -2.04. The molecule has 4 heteroatoms. The first kappa shape index (κ1) is 9.16. The van der Waals surface area contributed by atoms with Crippen LogP contribution in [0, 0.1) is 5.92 Å². The number of hydrogen-bond acceptors (Lipinski definition) is 3. The fraction of sp³-hybridized carbons (Fsp3) is 0.750. The van der Waals surface area contributed by atoms with Gasteiger partial charge in [-0.15, -0.1) is 0 Å². The SMILES string of the molecule is CCOC(=O)[C@@H](F)C(=O)C1CC1. The molecule has 68 valence electrons. The van der Waals surface area contributed by atoms with Gasteiger partial charge in [-0.2, -0.15) is 0 Å². The summed E-state index contributed by atoms with van der Waals surface area (Å²) in [5.74, 6) is -1.90. The van der Waals surface area contributed by atoms with Crippen LogP contribution in [0.25, 0.3) is 0 Å². The lowest BCUT2D eigenvalue weighted by atomic mass is 10.2. The molecule has 12 heavy (non-hydrogen) atoms. The maximum absolute atomic E-state index is 12.8. The Labute approximate surface area is 69.9 Å². The Morgan fingerprint density at radius 1 is 1.58 bits per heavy atom. The number of ketones is 1. The van der Waals surface area contributed by atoms with Gasteiger partial charge in [0.05, 0.1) is 6.61 Å². The predicted octanol–water partition coefficient (Wildman–Crippen LogP) is 0.867. The molecule has 0 aromatic rings. The van der Waals surface area contributed by atoms with Crippen molar-refractivity contribution in [3.05, 3.63) is 0 Å². The van der Waals surface area contributed by atoms with Crippen LogP contribution in [0.15, 0.2) is 0 Å². The summed E-state index contributed by atoms with van der Waals surface area (Å²) >= 11 is 0. The van der Waals surface area contributed by atoms with Crippen molar-refractivity contribution in [1.82, 2.24) is 0 Å². The number of carbonyl (C=O) groups excluding carboxylic acids is 2. The summed E-state index contributed by atoms with van der Waals surface area (Å²) < 4.78 is 17.2. The molecular weight excluding hydrogens is 163 g/mol. The number of Topliss-reactive ketones (excluding diaryl/α,β-unsaturated/α-hetero) is 1. The summed E-state index contributed by atoms with van der Waals surface area (Å²) in [6, 6.07) is 0. The summed E-state index contributed by atoms with van der Waals surface area (Å²) in [6.07, 6.45) is -0.644. The quantitative estimate of drug-likeness (QED) is 0.469. The molecule has 0 heterocycles. The maximum atomic E-state index is 12.8. The lowest BCUT2D eigenvalue weighted by Crippen LogP contribution is -2.28. The molecule has 1 atom stereocenters. The van der Waals surface area contributed by atoms with Crippen molar-refractivity contribution in [2.45, 2.75) is 25.9 Å². The number of halogens is 1. The number of ether oxygens (including phenoxy) is 1. The summed E-state index contributed by atoms with van der Waals surface area (Å²) in [5, 5.41) is 0. The number of alkyl halides is 1. The van der Waals surface area contributed by atoms with E-state index in [9.17, 15) is 14.0 Å². The van der Waals surface area contributed by atoms with Crippen LogP contribution in [-0.4, -0.2) is 24.5 Å². The standard InChI is InChI=1S/C8H11FO3/c1-2-12-8(11)6(9)7(10)5-3-4-5/h5-6H,2-4H2,1H3/t6-/m0/s1. The van der Waals surface area contributed by atoms with E-state index in [0.29, 0.717) is 12.8 Å². The van der Waals surface area contributed by atoms with Crippen LogP contribution in [0.3, 0.4) is 0 Å². The zero-order valence-corrected chi connectivity index (χ0v) is 6.88. The van der Waals surface area contributed by atoms with Gasteiger partial charge < -0.3 is 4.74 Å². The Bertz CT molecular complexity index is 198. The summed E-state index contributed by atoms with van der Waals surface area (Å²) in [6.45, 7) is 1.68. The van der Waals surface area contributed by atoms with Gasteiger partial charge in [-0.25, -0.2) is 9.18 Å². The molecule has 0 saturated heterocycles. The molecule has 0 spiro atoms. The van der Waals surface area contributed by atoms with Gasteiger partial charge >= 0.3 is 5.97 Å². The Morgan fingerprint density at radius 2 is 2.17 bits per heavy atom. The average molecular weight is 174 g/mol. The van der Waals surface area contributed by atoms with Crippen LogP contribution in [0.4, 0.5) is 4.39 Å². The molecule has 0 radical (unpaired) electrons. The monoisotopic (exact) mass is 174 g/mol. The minimum Gasteiger partial charge on any atom is -0.463 e. The third-order valence-corrected chi connectivity index (χ3v) is 1.72.